The number of hydrogen-bond acceptors (Lipinski definition) is 4. The summed E-state index contributed by atoms with van der Waals surface area (Å²) in [6.45, 7) is 3.26. The van der Waals surface area contributed by atoms with Crippen molar-refractivity contribution in [2.75, 3.05) is 38.3 Å². The molecule has 0 radical (unpaired) electrons. The van der Waals surface area contributed by atoms with Gasteiger partial charge in [-0.3, -0.25) is 0 Å². The van der Waals surface area contributed by atoms with Crippen LogP contribution in [0.5, 0.6) is 5.75 Å². The maximum absolute atomic E-state index is 5.49. The van der Waals surface area contributed by atoms with E-state index in [0.29, 0.717) is 0 Å². The average Bonchev–Trinajstić information content (AvgIpc) is 2.68. The fourth-order valence-corrected chi connectivity index (χ4v) is 3.11. The minimum Gasteiger partial charge on any atom is -0.497 e. The van der Waals surface area contributed by atoms with Crippen LogP contribution in [0.2, 0.25) is 0 Å². The summed E-state index contributed by atoms with van der Waals surface area (Å²) in [4.78, 5) is 7.30. The van der Waals surface area contributed by atoms with Crippen molar-refractivity contribution in [3.8, 4) is 17.0 Å². The Hall–Kier alpha value is -2.30. The number of nitrogens with zero attached hydrogens (tertiary/aromatic N) is 2. The summed E-state index contributed by atoms with van der Waals surface area (Å²) in [6.07, 6.45) is 0. The van der Waals surface area contributed by atoms with E-state index in [2.05, 4.69) is 47.4 Å². The summed E-state index contributed by atoms with van der Waals surface area (Å²) in [5.74, 6) is 1.90. The maximum atomic E-state index is 5.49. The molecule has 1 aromatic heterocycles. The summed E-state index contributed by atoms with van der Waals surface area (Å²) < 4.78 is 10.7. The third kappa shape index (κ3) is 3.55. The van der Waals surface area contributed by atoms with Crippen molar-refractivity contribution in [2.45, 2.75) is 0 Å². The van der Waals surface area contributed by atoms with E-state index in [1.54, 1.807) is 7.11 Å². The number of rotatable bonds is 3. The van der Waals surface area contributed by atoms with E-state index in [1.165, 1.54) is 10.8 Å². The monoisotopic (exact) mass is 356 g/mol. The predicted molar refractivity (Wildman–Crippen MR) is 104 cm³/mol. The first-order valence-corrected chi connectivity index (χ1v) is 8.22. The lowest BCUT2D eigenvalue weighted by atomic mass is 10.1. The van der Waals surface area contributed by atoms with Crippen LogP contribution in [0.25, 0.3) is 22.0 Å². The largest absolute Gasteiger partial charge is 0.497 e. The van der Waals surface area contributed by atoms with Crippen molar-refractivity contribution < 1.29 is 9.47 Å². The molecule has 1 aliphatic heterocycles. The van der Waals surface area contributed by atoms with Gasteiger partial charge in [0.1, 0.15) is 11.6 Å². The van der Waals surface area contributed by atoms with E-state index in [4.69, 9.17) is 14.5 Å². The Balaban J connectivity index is 0.00000182. The van der Waals surface area contributed by atoms with Gasteiger partial charge in [0.25, 0.3) is 0 Å². The second-order valence-corrected chi connectivity index (χ2v) is 5.88. The molecule has 2 heterocycles. The number of ether oxygens (including phenoxy) is 2. The predicted octanol–water partition coefficient (Wildman–Crippen LogP) is 4.17. The van der Waals surface area contributed by atoms with E-state index in [0.717, 1.165) is 49.1 Å². The van der Waals surface area contributed by atoms with Gasteiger partial charge in [-0.05, 0) is 35.7 Å². The summed E-state index contributed by atoms with van der Waals surface area (Å²) in [6, 6.07) is 18.6. The Morgan fingerprint density at radius 2 is 1.72 bits per heavy atom. The van der Waals surface area contributed by atoms with Gasteiger partial charge in [0.05, 0.1) is 26.0 Å². The summed E-state index contributed by atoms with van der Waals surface area (Å²) in [5.41, 5.74) is 2.08. The molecule has 4 rings (SSSR count). The second kappa shape index (κ2) is 7.72. The maximum Gasteiger partial charge on any atom is 0.137 e. The van der Waals surface area contributed by atoms with E-state index < -0.39 is 0 Å². The first-order valence-electron chi connectivity index (χ1n) is 8.22. The minimum absolute atomic E-state index is 0. The van der Waals surface area contributed by atoms with Gasteiger partial charge in [-0.2, -0.15) is 0 Å². The fourth-order valence-electron chi connectivity index (χ4n) is 3.11. The summed E-state index contributed by atoms with van der Waals surface area (Å²) >= 11 is 0. The molecule has 1 saturated heterocycles. The van der Waals surface area contributed by atoms with Gasteiger partial charge < -0.3 is 14.4 Å². The highest BCUT2D eigenvalue weighted by molar-refractivity contribution is 5.95. The number of morpholine rings is 1. The summed E-state index contributed by atoms with van der Waals surface area (Å²) in [5, 5.41) is 2.40. The zero-order chi connectivity index (χ0) is 16.4. The van der Waals surface area contributed by atoms with Crippen LogP contribution in [0.15, 0.2) is 54.6 Å². The van der Waals surface area contributed by atoms with Gasteiger partial charge in [0.2, 0.25) is 0 Å². The molecule has 0 bridgehead atoms. The van der Waals surface area contributed by atoms with Crippen molar-refractivity contribution in [2.24, 2.45) is 0 Å². The van der Waals surface area contributed by atoms with Crippen molar-refractivity contribution in [1.29, 1.82) is 0 Å². The smallest absolute Gasteiger partial charge is 0.137 e. The van der Waals surface area contributed by atoms with Crippen LogP contribution in [0.1, 0.15) is 0 Å². The zero-order valence-corrected chi connectivity index (χ0v) is 15.0. The third-order valence-electron chi connectivity index (χ3n) is 4.42. The molecule has 25 heavy (non-hydrogen) atoms. The molecular weight excluding hydrogens is 336 g/mol. The molecule has 4 nitrogen and oxygen atoms in total. The summed E-state index contributed by atoms with van der Waals surface area (Å²) in [7, 11) is 1.68. The highest BCUT2D eigenvalue weighted by Crippen LogP contribution is 2.31. The number of anilines is 1. The Labute approximate surface area is 153 Å². The third-order valence-corrected chi connectivity index (χ3v) is 4.42. The van der Waals surface area contributed by atoms with Crippen molar-refractivity contribution in [1.82, 2.24) is 4.98 Å². The highest BCUT2D eigenvalue weighted by atomic mass is 35.5. The number of fused-ring (bicyclic) bond motifs is 1. The lowest BCUT2D eigenvalue weighted by molar-refractivity contribution is 0.122. The van der Waals surface area contributed by atoms with Crippen molar-refractivity contribution in [3.05, 3.63) is 54.6 Å². The zero-order valence-electron chi connectivity index (χ0n) is 14.1. The molecule has 0 amide bonds. The average molecular weight is 357 g/mol. The second-order valence-electron chi connectivity index (χ2n) is 5.88. The molecule has 0 atom stereocenters. The van der Waals surface area contributed by atoms with E-state index in [-0.39, 0.29) is 12.4 Å². The van der Waals surface area contributed by atoms with Crippen LogP contribution < -0.4 is 9.64 Å². The number of pyridine rings is 1. The first kappa shape index (κ1) is 17.5. The SMILES string of the molecule is COc1ccc(-c2cc3ccccc3c(N3CCOCC3)n2)cc1.Cl. The van der Waals surface area contributed by atoms with Crippen LogP contribution in [-0.4, -0.2) is 38.4 Å². The first-order chi connectivity index (χ1) is 11.8. The van der Waals surface area contributed by atoms with Crippen LogP contribution in [0.3, 0.4) is 0 Å². The molecule has 3 aromatic rings. The molecule has 5 heteroatoms. The van der Waals surface area contributed by atoms with E-state index >= 15 is 0 Å². The van der Waals surface area contributed by atoms with Gasteiger partial charge in [0, 0.05) is 24.0 Å². The normalized spacial score (nSPS) is 14.2. The molecule has 0 saturated carbocycles. The van der Waals surface area contributed by atoms with Gasteiger partial charge in [-0.25, -0.2) is 4.98 Å². The van der Waals surface area contributed by atoms with Crippen LogP contribution in [0.4, 0.5) is 5.82 Å². The molecule has 1 fully saturated rings. The number of benzene rings is 2. The molecule has 0 spiro atoms. The van der Waals surface area contributed by atoms with Crippen molar-refractivity contribution >= 4 is 29.0 Å². The van der Waals surface area contributed by atoms with Gasteiger partial charge in [-0.15, -0.1) is 12.4 Å². The standard InChI is InChI=1S/C20H20N2O2.ClH/c1-23-17-8-6-15(7-9-17)19-14-16-4-2-3-5-18(16)20(21-19)22-10-12-24-13-11-22;/h2-9,14H,10-13H2,1H3;1H. The number of halogens is 1. The topological polar surface area (TPSA) is 34.6 Å². The molecule has 0 N–H and O–H groups in total. The van der Waals surface area contributed by atoms with Gasteiger partial charge in [-0.1, -0.05) is 24.3 Å². The van der Waals surface area contributed by atoms with Crippen LogP contribution in [-0.2, 0) is 4.74 Å². The quantitative estimate of drug-likeness (QED) is 0.705. The van der Waals surface area contributed by atoms with Crippen molar-refractivity contribution in [3.63, 3.8) is 0 Å². The van der Waals surface area contributed by atoms with E-state index in [9.17, 15) is 0 Å². The highest BCUT2D eigenvalue weighted by Gasteiger charge is 2.16. The molecular formula is C20H21ClN2O2. The molecule has 2 aromatic carbocycles. The Morgan fingerprint density at radius 1 is 1.00 bits per heavy atom. The lowest BCUT2D eigenvalue weighted by Gasteiger charge is -2.29. The van der Waals surface area contributed by atoms with Gasteiger partial charge >= 0.3 is 0 Å². The van der Waals surface area contributed by atoms with Gasteiger partial charge in [0.15, 0.2) is 0 Å². The molecule has 0 aliphatic carbocycles. The molecule has 1 aliphatic rings. The van der Waals surface area contributed by atoms with E-state index in [1.807, 2.05) is 12.1 Å². The number of aromatic nitrogens is 1. The molecule has 130 valence electrons. The van der Waals surface area contributed by atoms with Crippen LogP contribution >= 0.6 is 12.4 Å². The lowest BCUT2D eigenvalue weighted by Crippen LogP contribution is -2.36. The Bertz CT molecular complexity index is 846. The minimum atomic E-state index is 0. The number of hydrogen-bond donors (Lipinski definition) is 0. The van der Waals surface area contributed by atoms with Crippen LogP contribution in [0, 0.1) is 0 Å². The fraction of sp³-hybridized carbons (Fsp3) is 0.250. The molecule has 0 unspecified atom stereocenters. The Kier molecular flexibility index (Phi) is 5.41. The number of methoxy groups -OCH3 is 1. The Morgan fingerprint density at radius 3 is 2.44 bits per heavy atom.